The number of carbonyl (C=O) groups excluding carboxylic acids is 1. The van der Waals surface area contributed by atoms with Gasteiger partial charge in [0.1, 0.15) is 9.84 Å². The van der Waals surface area contributed by atoms with E-state index < -0.39 is 21.1 Å². The number of hydrogen-bond donors (Lipinski definition) is 1. The van der Waals surface area contributed by atoms with Gasteiger partial charge in [0.2, 0.25) is 5.91 Å². The Morgan fingerprint density at radius 1 is 0.875 bits per heavy atom. The number of sulfone groups is 1. The highest BCUT2D eigenvalue weighted by atomic mass is 32.2. The number of amides is 1. The SMILES string of the molecule is CN(C)c1ccc(-c2ccc(CN(C(=O)C3CCC(S(C)(=O)=O)CC3)c3cccc(/C=C/C(=O)O)c3)cc2)cc1. The molecule has 0 aromatic heterocycles. The fraction of sp³-hybridized carbons (Fsp3) is 0.312. The van der Waals surface area contributed by atoms with Gasteiger partial charge < -0.3 is 14.9 Å². The van der Waals surface area contributed by atoms with E-state index in [9.17, 15) is 18.0 Å². The van der Waals surface area contributed by atoms with Crippen LogP contribution < -0.4 is 9.80 Å². The number of rotatable bonds is 9. The first kappa shape index (κ1) is 29.1. The van der Waals surface area contributed by atoms with Crippen molar-refractivity contribution in [2.45, 2.75) is 37.5 Å². The summed E-state index contributed by atoms with van der Waals surface area (Å²) in [5.41, 5.74) is 5.61. The molecule has 8 heteroatoms. The van der Waals surface area contributed by atoms with Gasteiger partial charge in [-0.2, -0.15) is 0 Å². The molecule has 40 heavy (non-hydrogen) atoms. The van der Waals surface area contributed by atoms with Crippen LogP contribution in [0.5, 0.6) is 0 Å². The zero-order valence-corrected chi connectivity index (χ0v) is 24.0. The van der Waals surface area contributed by atoms with Crippen molar-refractivity contribution in [3.8, 4) is 11.1 Å². The first-order valence-electron chi connectivity index (χ1n) is 13.4. The van der Waals surface area contributed by atoms with Crippen LogP contribution in [0.4, 0.5) is 11.4 Å². The minimum Gasteiger partial charge on any atom is -0.478 e. The number of nitrogens with zero attached hydrogens (tertiary/aromatic N) is 2. The van der Waals surface area contributed by atoms with Crippen LogP contribution in [0.1, 0.15) is 36.8 Å². The Hall–Kier alpha value is -3.91. The van der Waals surface area contributed by atoms with E-state index in [1.165, 1.54) is 12.3 Å². The molecule has 0 heterocycles. The molecule has 1 aliphatic rings. The maximum Gasteiger partial charge on any atom is 0.328 e. The van der Waals surface area contributed by atoms with Crippen molar-refractivity contribution in [3.05, 3.63) is 90.0 Å². The molecule has 0 spiro atoms. The maximum absolute atomic E-state index is 13.9. The van der Waals surface area contributed by atoms with Gasteiger partial charge in [-0.05, 0) is 78.3 Å². The van der Waals surface area contributed by atoms with E-state index in [1.807, 2.05) is 44.4 Å². The van der Waals surface area contributed by atoms with Gasteiger partial charge >= 0.3 is 5.97 Å². The van der Waals surface area contributed by atoms with Gasteiger partial charge in [-0.15, -0.1) is 0 Å². The fourth-order valence-corrected chi connectivity index (χ4v) is 6.28. The predicted octanol–water partition coefficient (Wildman–Crippen LogP) is 5.65. The number of benzene rings is 3. The number of carboxylic acids is 1. The molecule has 3 aromatic rings. The largest absolute Gasteiger partial charge is 0.478 e. The smallest absolute Gasteiger partial charge is 0.328 e. The van der Waals surface area contributed by atoms with Crippen LogP contribution in [0.25, 0.3) is 17.2 Å². The Labute approximate surface area is 236 Å². The van der Waals surface area contributed by atoms with Crippen molar-refractivity contribution in [1.29, 1.82) is 0 Å². The first-order valence-corrected chi connectivity index (χ1v) is 15.3. The molecule has 1 amide bonds. The standard InChI is InChI=1S/C32H36N2O5S/c1-33(2)28-16-12-26(13-17-28)25-10-7-24(8-11-25)22-34(29-6-4-5-23(21-29)9-20-31(35)36)32(37)27-14-18-30(19-15-27)40(3,38)39/h4-13,16-17,20-21,27,30H,14-15,18-19,22H2,1-3H3,(H,35,36)/b20-9+. The van der Waals surface area contributed by atoms with E-state index in [2.05, 4.69) is 29.2 Å². The molecule has 1 saturated carbocycles. The summed E-state index contributed by atoms with van der Waals surface area (Å²) in [5.74, 6) is -1.36. The predicted molar refractivity (Wildman–Crippen MR) is 161 cm³/mol. The van der Waals surface area contributed by atoms with Crippen LogP contribution in [-0.2, 0) is 26.0 Å². The second-order valence-corrected chi connectivity index (χ2v) is 13.0. The monoisotopic (exact) mass is 560 g/mol. The van der Waals surface area contributed by atoms with Gasteiger partial charge in [0, 0.05) is 43.7 Å². The quantitative estimate of drug-likeness (QED) is 0.340. The third kappa shape index (κ3) is 7.39. The molecular formula is C32H36N2O5S. The third-order valence-corrected chi connectivity index (χ3v) is 9.19. The lowest BCUT2D eigenvalue weighted by atomic mass is 9.87. The molecular weight excluding hydrogens is 524 g/mol. The highest BCUT2D eigenvalue weighted by Gasteiger charge is 2.33. The summed E-state index contributed by atoms with van der Waals surface area (Å²) >= 11 is 0. The number of aliphatic carboxylic acids is 1. The maximum atomic E-state index is 13.9. The molecule has 210 valence electrons. The molecule has 7 nitrogen and oxygen atoms in total. The summed E-state index contributed by atoms with van der Waals surface area (Å²) in [7, 11) is 0.881. The molecule has 0 radical (unpaired) electrons. The molecule has 0 aliphatic heterocycles. The number of hydrogen-bond acceptors (Lipinski definition) is 5. The van der Waals surface area contributed by atoms with E-state index in [-0.39, 0.29) is 11.8 Å². The Kier molecular flexibility index (Phi) is 9.10. The zero-order chi connectivity index (χ0) is 28.9. The Morgan fingerprint density at radius 2 is 1.48 bits per heavy atom. The number of carbonyl (C=O) groups is 2. The van der Waals surface area contributed by atoms with Crippen LogP contribution in [0.15, 0.2) is 78.9 Å². The summed E-state index contributed by atoms with van der Waals surface area (Å²) in [6.45, 7) is 0.344. The lowest BCUT2D eigenvalue weighted by molar-refractivity contribution is -0.131. The van der Waals surface area contributed by atoms with Gasteiger partial charge in [-0.3, -0.25) is 4.79 Å². The second kappa shape index (κ2) is 12.5. The number of carboxylic acid groups (broad SMARTS) is 1. The van der Waals surface area contributed by atoms with Crippen LogP contribution >= 0.6 is 0 Å². The van der Waals surface area contributed by atoms with Crippen molar-refractivity contribution in [1.82, 2.24) is 0 Å². The molecule has 0 atom stereocenters. The highest BCUT2D eigenvalue weighted by molar-refractivity contribution is 7.91. The summed E-state index contributed by atoms with van der Waals surface area (Å²) in [6.07, 6.45) is 5.84. The van der Waals surface area contributed by atoms with E-state index in [0.29, 0.717) is 43.5 Å². The minimum atomic E-state index is -3.13. The highest BCUT2D eigenvalue weighted by Crippen LogP contribution is 2.32. The van der Waals surface area contributed by atoms with Crippen LogP contribution in [0, 0.1) is 5.92 Å². The van der Waals surface area contributed by atoms with Crippen molar-refractivity contribution >= 4 is 39.2 Å². The molecule has 1 N–H and O–H groups in total. The zero-order valence-electron chi connectivity index (χ0n) is 23.2. The first-order chi connectivity index (χ1) is 19.0. The number of anilines is 2. The lowest BCUT2D eigenvalue weighted by Gasteiger charge is -2.32. The Bertz CT molecular complexity index is 1470. The lowest BCUT2D eigenvalue weighted by Crippen LogP contribution is -2.39. The van der Waals surface area contributed by atoms with Crippen LogP contribution in [0.3, 0.4) is 0 Å². The van der Waals surface area contributed by atoms with E-state index in [1.54, 1.807) is 23.1 Å². The fourth-order valence-electron chi connectivity index (χ4n) is 5.16. The van der Waals surface area contributed by atoms with Crippen molar-refractivity contribution < 1.29 is 23.1 Å². The van der Waals surface area contributed by atoms with E-state index >= 15 is 0 Å². The van der Waals surface area contributed by atoms with Gasteiger partial charge in [0.25, 0.3) is 0 Å². The van der Waals surface area contributed by atoms with Crippen molar-refractivity contribution in [2.24, 2.45) is 5.92 Å². The summed E-state index contributed by atoms with van der Waals surface area (Å²) < 4.78 is 24.1. The third-order valence-electron chi connectivity index (χ3n) is 7.51. The van der Waals surface area contributed by atoms with E-state index in [0.717, 1.165) is 28.5 Å². The topological polar surface area (TPSA) is 95.0 Å². The van der Waals surface area contributed by atoms with Gasteiger partial charge in [-0.1, -0.05) is 48.5 Å². The molecule has 3 aromatic carbocycles. The molecule has 1 fully saturated rings. The van der Waals surface area contributed by atoms with Crippen molar-refractivity contribution in [2.75, 3.05) is 30.2 Å². The Balaban J connectivity index is 1.59. The molecule has 0 saturated heterocycles. The van der Waals surface area contributed by atoms with Gasteiger partial charge in [0.05, 0.1) is 11.8 Å². The second-order valence-electron chi connectivity index (χ2n) is 10.6. The summed E-state index contributed by atoms with van der Waals surface area (Å²) in [6, 6.07) is 23.7. The normalized spacial score (nSPS) is 17.5. The van der Waals surface area contributed by atoms with Crippen LogP contribution in [0.2, 0.25) is 0 Å². The van der Waals surface area contributed by atoms with E-state index in [4.69, 9.17) is 5.11 Å². The van der Waals surface area contributed by atoms with Crippen molar-refractivity contribution in [3.63, 3.8) is 0 Å². The van der Waals surface area contributed by atoms with Gasteiger partial charge in [0.15, 0.2) is 0 Å². The summed E-state index contributed by atoms with van der Waals surface area (Å²) in [5, 5.41) is 8.64. The van der Waals surface area contributed by atoms with Gasteiger partial charge in [-0.25, -0.2) is 13.2 Å². The average Bonchev–Trinajstić information content (AvgIpc) is 2.94. The Morgan fingerprint density at radius 3 is 2.02 bits per heavy atom. The minimum absolute atomic E-state index is 0.0466. The van der Waals surface area contributed by atoms with Crippen LogP contribution in [-0.4, -0.2) is 51.0 Å². The molecule has 0 bridgehead atoms. The molecule has 4 rings (SSSR count). The molecule has 0 unspecified atom stereocenters. The molecule has 1 aliphatic carbocycles. The average molecular weight is 561 g/mol. The summed E-state index contributed by atoms with van der Waals surface area (Å²) in [4.78, 5) is 28.7.